The van der Waals surface area contributed by atoms with Gasteiger partial charge in [-0.1, -0.05) is 12.1 Å². The lowest BCUT2D eigenvalue weighted by Gasteiger charge is -2.15. The highest BCUT2D eigenvalue weighted by molar-refractivity contribution is 5.96. The fraction of sp³-hybridized carbons (Fsp3) is 0.217. The molecule has 0 aliphatic heterocycles. The van der Waals surface area contributed by atoms with Gasteiger partial charge in [-0.15, -0.1) is 0 Å². The first-order valence-corrected chi connectivity index (χ1v) is 9.35. The van der Waals surface area contributed by atoms with Gasteiger partial charge in [-0.25, -0.2) is 4.68 Å². The number of hydrogen-bond donors (Lipinski definition) is 1. The molecule has 2 aromatic carbocycles. The van der Waals surface area contributed by atoms with E-state index >= 15 is 0 Å². The minimum atomic E-state index is -0.804. The molecule has 6 heteroatoms. The van der Waals surface area contributed by atoms with E-state index in [1.807, 2.05) is 32.0 Å². The summed E-state index contributed by atoms with van der Waals surface area (Å²) in [5.74, 6) is -0.414. The van der Waals surface area contributed by atoms with Gasteiger partial charge in [0.2, 0.25) is 5.91 Å². The standard InChI is InChI=1S/C23H23N3O3/c1-14-5-6-19(13-15(14)2)21-11-12-22(28)26(25-21)16(3)23(29)24-20-9-7-18(8-10-20)17(4)27/h5-13,16H,1-4H3,(H,24,29)/t16-/m0/s1. The number of carbonyl (C=O) groups is 2. The third-order valence-electron chi connectivity index (χ3n) is 4.93. The number of carbonyl (C=O) groups excluding carboxylic acids is 2. The summed E-state index contributed by atoms with van der Waals surface area (Å²) in [6.45, 7) is 7.15. The van der Waals surface area contributed by atoms with Crippen molar-refractivity contribution in [3.63, 3.8) is 0 Å². The van der Waals surface area contributed by atoms with Gasteiger partial charge in [0.15, 0.2) is 5.78 Å². The summed E-state index contributed by atoms with van der Waals surface area (Å²) in [4.78, 5) is 36.3. The number of anilines is 1. The fourth-order valence-corrected chi connectivity index (χ4v) is 2.90. The molecule has 0 aliphatic carbocycles. The first kappa shape index (κ1) is 20.2. The zero-order chi connectivity index (χ0) is 21.1. The monoisotopic (exact) mass is 389 g/mol. The van der Waals surface area contributed by atoms with Gasteiger partial charge >= 0.3 is 0 Å². The molecule has 1 N–H and O–H groups in total. The van der Waals surface area contributed by atoms with Crippen LogP contribution in [-0.4, -0.2) is 21.5 Å². The van der Waals surface area contributed by atoms with Gasteiger partial charge in [-0.05, 0) is 75.2 Å². The molecule has 6 nitrogen and oxygen atoms in total. The molecule has 1 atom stereocenters. The quantitative estimate of drug-likeness (QED) is 0.671. The maximum atomic E-state index is 12.7. The van der Waals surface area contributed by atoms with E-state index in [0.717, 1.165) is 11.1 Å². The Morgan fingerprint density at radius 3 is 2.28 bits per heavy atom. The summed E-state index contributed by atoms with van der Waals surface area (Å²) in [6.07, 6.45) is 0. The van der Waals surface area contributed by atoms with Crippen molar-refractivity contribution in [3.8, 4) is 11.3 Å². The Bertz CT molecular complexity index is 1130. The maximum Gasteiger partial charge on any atom is 0.267 e. The number of nitrogens with one attached hydrogen (secondary N) is 1. The van der Waals surface area contributed by atoms with Crippen LogP contribution in [0.25, 0.3) is 11.3 Å². The van der Waals surface area contributed by atoms with E-state index < -0.39 is 6.04 Å². The zero-order valence-electron chi connectivity index (χ0n) is 16.9. The van der Waals surface area contributed by atoms with Crippen LogP contribution < -0.4 is 10.9 Å². The molecule has 148 valence electrons. The second-order valence-corrected chi connectivity index (χ2v) is 7.10. The van der Waals surface area contributed by atoms with E-state index in [2.05, 4.69) is 10.4 Å². The van der Waals surface area contributed by atoms with Crippen LogP contribution in [0.4, 0.5) is 5.69 Å². The molecule has 29 heavy (non-hydrogen) atoms. The third kappa shape index (κ3) is 4.48. The first-order chi connectivity index (χ1) is 13.8. The Morgan fingerprint density at radius 2 is 1.66 bits per heavy atom. The molecule has 3 rings (SSSR count). The molecule has 1 heterocycles. The van der Waals surface area contributed by atoms with Crippen LogP contribution >= 0.6 is 0 Å². The van der Waals surface area contributed by atoms with Crippen LogP contribution in [0.5, 0.6) is 0 Å². The first-order valence-electron chi connectivity index (χ1n) is 9.35. The number of aryl methyl sites for hydroxylation is 2. The molecule has 0 radical (unpaired) electrons. The summed E-state index contributed by atoms with van der Waals surface area (Å²) < 4.78 is 1.18. The molecule has 0 unspecified atom stereocenters. The van der Waals surface area contributed by atoms with Crippen molar-refractivity contribution in [2.45, 2.75) is 33.7 Å². The fourth-order valence-electron chi connectivity index (χ4n) is 2.90. The van der Waals surface area contributed by atoms with Gasteiger partial charge in [-0.3, -0.25) is 14.4 Å². The predicted molar refractivity (Wildman–Crippen MR) is 113 cm³/mol. The molecular formula is C23H23N3O3. The van der Waals surface area contributed by atoms with Crippen molar-refractivity contribution < 1.29 is 9.59 Å². The van der Waals surface area contributed by atoms with Crippen LogP contribution in [0.1, 0.15) is 41.4 Å². The van der Waals surface area contributed by atoms with Crippen molar-refractivity contribution >= 4 is 17.4 Å². The molecule has 0 aliphatic rings. The van der Waals surface area contributed by atoms with E-state index in [9.17, 15) is 14.4 Å². The van der Waals surface area contributed by atoms with Crippen LogP contribution in [0.2, 0.25) is 0 Å². The van der Waals surface area contributed by atoms with Crippen LogP contribution in [0, 0.1) is 13.8 Å². The third-order valence-corrected chi connectivity index (χ3v) is 4.93. The average Bonchev–Trinajstić information content (AvgIpc) is 2.70. The second-order valence-electron chi connectivity index (χ2n) is 7.10. The van der Waals surface area contributed by atoms with Crippen molar-refractivity contribution in [3.05, 3.63) is 81.6 Å². The lowest BCUT2D eigenvalue weighted by atomic mass is 10.0. The summed E-state index contributed by atoms with van der Waals surface area (Å²) in [5, 5.41) is 7.17. The van der Waals surface area contributed by atoms with E-state index in [0.29, 0.717) is 16.9 Å². The highest BCUT2D eigenvalue weighted by Crippen LogP contribution is 2.20. The predicted octanol–water partition coefficient (Wildman–Crippen LogP) is 3.93. The number of rotatable bonds is 5. The van der Waals surface area contributed by atoms with Gasteiger partial charge in [0.05, 0.1) is 5.69 Å². The van der Waals surface area contributed by atoms with E-state index in [1.54, 1.807) is 37.3 Å². The largest absolute Gasteiger partial charge is 0.324 e. The number of Topliss-reactive ketones (excluding diaryl/α,β-unsaturated/α-hetero) is 1. The molecule has 3 aromatic rings. The lowest BCUT2D eigenvalue weighted by molar-refractivity contribution is -0.119. The number of aromatic nitrogens is 2. The Kier molecular flexibility index (Phi) is 5.73. The summed E-state index contributed by atoms with van der Waals surface area (Å²) >= 11 is 0. The smallest absolute Gasteiger partial charge is 0.267 e. The number of amides is 1. The molecule has 0 spiro atoms. The van der Waals surface area contributed by atoms with Crippen molar-refractivity contribution in [1.29, 1.82) is 0 Å². The number of hydrogen-bond acceptors (Lipinski definition) is 4. The minimum absolute atomic E-state index is 0.0462. The number of ketones is 1. The van der Waals surface area contributed by atoms with Gasteiger partial charge in [-0.2, -0.15) is 5.10 Å². The van der Waals surface area contributed by atoms with Crippen LogP contribution in [0.3, 0.4) is 0 Å². The molecule has 1 aromatic heterocycles. The molecule has 0 bridgehead atoms. The Hall–Kier alpha value is -3.54. The SMILES string of the molecule is CC(=O)c1ccc(NC(=O)[C@H](C)n2nc(-c3ccc(C)c(C)c3)ccc2=O)cc1. The topological polar surface area (TPSA) is 81.1 Å². The van der Waals surface area contributed by atoms with Crippen LogP contribution in [0.15, 0.2) is 59.4 Å². The van der Waals surface area contributed by atoms with Crippen molar-refractivity contribution in [2.75, 3.05) is 5.32 Å². The lowest BCUT2D eigenvalue weighted by Crippen LogP contribution is -2.33. The average molecular weight is 389 g/mol. The number of nitrogens with zero attached hydrogens (tertiary/aromatic N) is 2. The molecule has 0 saturated heterocycles. The van der Waals surface area contributed by atoms with Gasteiger partial charge < -0.3 is 5.32 Å². The Labute approximate surface area is 169 Å². The van der Waals surface area contributed by atoms with E-state index in [4.69, 9.17) is 0 Å². The maximum absolute atomic E-state index is 12.7. The Morgan fingerprint density at radius 1 is 0.966 bits per heavy atom. The highest BCUT2D eigenvalue weighted by Gasteiger charge is 2.18. The molecule has 1 amide bonds. The normalized spacial score (nSPS) is 11.7. The molecule has 0 fully saturated rings. The highest BCUT2D eigenvalue weighted by atomic mass is 16.2. The van der Waals surface area contributed by atoms with Gasteiger partial charge in [0.1, 0.15) is 6.04 Å². The summed E-state index contributed by atoms with van der Waals surface area (Å²) in [5.41, 5.74) is 4.56. The van der Waals surface area contributed by atoms with Gasteiger partial charge in [0, 0.05) is 22.9 Å². The molecular weight excluding hydrogens is 366 g/mol. The van der Waals surface area contributed by atoms with Crippen molar-refractivity contribution in [1.82, 2.24) is 9.78 Å². The second kappa shape index (κ2) is 8.22. The van der Waals surface area contributed by atoms with Crippen molar-refractivity contribution in [2.24, 2.45) is 0 Å². The van der Waals surface area contributed by atoms with E-state index in [1.165, 1.54) is 23.2 Å². The summed E-state index contributed by atoms with van der Waals surface area (Å²) in [7, 11) is 0. The van der Waals surface area contributed by atoms with E-state index in [-0.39, 0.29) is 17.2 Å². The zero-order valence-corrected chi connectivity index (χ0v) is 16.9. The number of benzene rings is 2. The van der Waals surface area contributed by atoms with Gasteiger partial charge in [0.25, 0.3) is 5.56 Å². The Balaban J connectivity index is 1.85. The summed E-state index contributed by atoms with van der Waals surface area (Å²) in [6, 6.07) is 14.8. The van der Waals surface area contributed by atoms with Crippen LogP contribution in [-0.2, 0) is 4.79 Å². The molecule has 0 saturated carbocycles. The minimum Gasteiger partial charge on any atom is -0.324 e.